The summed E-state index contributed by atoms with van der Waals surface area (Å²) in [5.74, 6) is 0. The largest absolute Gasteiger partial charge is 0.301 e. The second-order valence-corrected chi connectivity index (χ2v) is 3.12. The number of rotatable bonds is 0. The molecule has 0 bridgehead atoms. The molecule has 0 fully saturated rings. The zero-order chi connectivity index (χ0) is 7.84. The average molecular weight is 232 g/mol. The summed E-state index contributed by atoms with van der Waals surface area (Å²) in [6, 6.07) is 0. The fourth-order valence-electron chi connectivity index (χ4n) is 0.875. The van der Waals surface area contributed by atoms with E-state index in [4.69, 9.17) is 11.6 Å². The van der Waals surface area contributed by atoms with Crippen LogP contribution in [-0.2, 0) is 0 Å². The van der Waals surface area contributed by atoms with Gasteiger partial charge >= 0.3 is 0 Å². The van der Waals surface area contributed by atoms with E-state index < -0.39 is 0 Å². The molecule has 2 aromatic rings. The standard InChI is InChI=1S/C6H3BrClN3/c7-5-4-6(8)9-1-2-11(4)3-10-5/h1-3H. The summed E-state index contributed by atoms with van der Waals surface area (Å²) in [5, 5.41) is 0.455. The molecule has 0 atom stereocenters. The van der Waals surface area contributed by atoms with Gasteiger partial charge in [0, 0.05) is 12.4 Å². The minimum absolute atomic E-state index is 0.455. The molecule has 0 N–H and O–H groups in total. The number of halogens is 2. The van der Waals surface area contributed by atoms with E-state index in [0.717, 1.165) is 10.1 Å². The van der Waals surface area contributed by atoms with Gasteiger partial charge in [-0.25, -0.2) is 9.97 Å². The summed E-state index contributed by atoms with van der Waals surface area (Å²) < 4.78 is 2.52. The molecule has 11 heavy (non-hydrogen) atoms. The fourth-order valence-corrected chi connectivity index (χ4v) is 1.72. The van der Waals surface area contributed by atoms with Crippen molar-refractivity contribution in [1.82, 2.24) is 14.4 Å². The van der Waals surface area contributed by atoms with E-state index in [0.29, 0.717) is 5.15 Å². The van der Waals surface area contributed by atoms with E-state index in [1.165, 1.54) is 0 Å². The SMILES string of the molecule is Clc1nccn2cnc(Br)c12. The first-order chi connectivity index (χ1) is 5.29. The lowest BCUT2D eigenvalue weighted by molar-refractivity contribution is 1.11. The normalized spacial score (nSPS) is 10.7. The molecule has 0 saturated carbocycles. The Hall–Kier alpha value is -0.610. The van der Waals surface area contributed by atoms with Crippen molar-refractivity contribution in [3.8, 4) is 0 Å². The van der Waals surface area contributed by atoms with Crippen LogP contribution in [0, 0.1) is 0 Å². The van der Waals surface area contributed by atoms with Gasteiger partial charge in [-0.1, -0.05) is 11.6 Å². The molecule has 2 aromatic heterocycles. The van der Waals surface area contributed by atoms with Crippen LogP contribution in [0.2, 0.25) is 5.15 Å². The minimum atomic E-state index is 0.455. The summed E-state index contributed by atoms with van der Waals surface area (Å²) in [4.78, 5) is 7.93. The van der Waals surface area contributed by atoms with Gasteiger partial charge in [0.2, 0.25) is 0 Å². The van der Waals surface area contributed by atoms with Crippen LogP contribution < -0.4 is 0 Å². The zero-order valence-corrected chi connectivity index (χ0v) is 7.67. The highest BCUT2D eigenvalue weighted by atomic mass is 79.9. The lowest BCUT2D eigenvalue weighted by Gasteiger charge is -1.93. The van der Waals surface area contributed by atoms with Gasteiger partial charge in [-0.3, -0.25) is 0 Å². The Morgan fingerprint density at radius 3 is 3.00 bits per heavy atom. The van der Waals surface area contributed by atoms with Crippen LogP contribution in [0.5, 0.6) is 0 Å². The number of fused-ring (bicyclic) bond motifs is 1. The lowest BCUT2D eigenvalue weighted by atomic mass is 10.6. The average Bonchev–Trinajstić information content (AvgIpc) is 2.34. The van der Waals surface area contributed by atoms with Crippen LogP contribution in [-0.4, -0.2) is 14.4 Å². The van der Waals surface area contributed by atoms with Crippen LogP contribution in [0.25, 0.3) is 5.52 Å². The van der Waals surface area contributed by atoms with Gasteiger partial charge in [0.15, 0.2) is 5.15 Å². The van der Waals surface area contributed by atoms with Crippen molar-refractivity contribution < 1.29 is 0 Å². The summed E-state index contributed by atoms with van der Waals surface area (Å²) in [7, 11) is 0. The zero-order valence-electron chi connectivity index (χ0n) is 5.33. The van der Waals surface area contributed by atoms with E-state index in [-0.39, 0.29) is 0 Å². The third-order valence-corrected chi connectivity index (χ3v) is 2.22. The van der Waals surface area contributed by atoms with Crippen molar-refractivity contribution in [3.63, 3.8) is 0 Å². The van der Waals surface area contributed by atoms with Gasteiger partial charge in [0.1, 0.15) is 16.4 Å². The molecule has 5 heteroatoms. The Labute approximate surface area is 76.2 Å². The number of hydrogen-bond donors (Lipinski definition) is 0. The fraction of sp³-hybridized carbons (Fsp3) is 0. The monoisotopic (exact) mass is 231 g/mol. The second-order valence-electron chi connectivity index (χ2n) is 2.01. The van der Waals surface area contributed by atoms with Crippen LogP contribution in [0.15, 0.2) is 23.3 Å². The molecule has 2 heterocycles. The van der Waals surface area contributed by atoms with E-state index in [1.54, 1.807) is 23.1 Å². The second kappa shape index (κ2) is 2.46. The summed E-state index contributed by atoms with van der Waals surface area (Å²) in [6.45, 7) is 0. The van der Waals surface area contributed by atoms with E-state index >= 15 is 0 Å². The predicted molar refractivity (Wildman–Crippen MR) is 45.7 cm³/mol. The van der Waals surface area contributed by atoms with Crippen LogP contribution in [0.1, 0.15) is 0 Å². The molecule has 0 radical (unpaired) electrons. The smallest absolute Gasteiger partial charge is 0.155 e. The van der Waals surface area contributed by atoms with Crippen molar-refractivity contribution in [2.24, 2.45) is 0 Å². The maximum atomic E-state index is 5.80. The Bertz CT molecular complexity index is 398. The summed E-state index contributed by atoms with van der Waals surface area (Å²) in [6.07, 6.45) is 5.09. The maximum absolute atomic E-state index is 5.80. The number of hydrogen-bond acceptors (Lipinski definition) is 2. The molecule has 0 aliphatic carbocycles. The van der Waals surface area contributed by atoms with Gasteiger partial charge in [-0.05, 0) is 15.9 Å². The molecule has 0 amide bonds. The Morgan fingerprint density at radius 1 is 1.45 bits per heavy atom. The third-order valence-electron chi connectivity index (χ3n) is 1.36. The Morgan fingerprint density at radius 2 is 2.27 bits per heavy atom. The molecule has 0 aliphatic heterocycles. The van der Waals surface area contributed by atoms with Crippen LogP contribution in [0.4, 0.5) is 0 Å². The third kappa shape index (κ3) is 1.02. The van der Waals surface area contributed by atoms with Crippen LogP contribution in [0.3, 0.4) is 0 Å². The molecule has 0 aromatic carbocycles. The molecule has 0 spiro atoms. The first kappa shape index (κ1) is 7.06. The lowest BCUT2D eigenvalue weighted by Crippen LogP contribution is -1.83. The van der Waals surface area contributed by atoms with Crippen molar-refractivity contribution in [1.29, 1.82) is 0 Å². The number of nitrogens with zero attached hydrogens (tertiary/aromatic N) is 3. The van der Waals surface area contributed by atoms with Gasteiger partial charge < -0.3 is 4.40 Å². The van der Waals surface area contributed by atoms with E-state index in [2.05, 4.69) is 25.9 Å². The minimum Gasteiger partial charge on any atom is -0.301 e. The van der Waals surface area contributed by atoms with Crippen molar-refractivity contribution in [3.05, 3.63) is 28.5 Å². The van der Waals surface area contributed by atoms with Crippen molar-refractivity contribution in [2.75, 3.05) is 0 Å². The Balaban J connectivity index is 2.96. The quantitative estimate of drug-likeness (QED) is 0.697. The van der Waals surface area contributed by atoms with Crippen molar-refractivity contribution in [2.45, 2.75) is 0 Å². The predicted octanol–water partition coefficient (Wildman–Crippen LogP) is 2.15. The molecule has 0 saturated heterocycles. The first-order valence-corrected chi connectivity index (χ1v) is 4.09. The van der Waals surface area contributed by atoms with Gasteiger partial charge in [0.05, 0.1) is 0 Å². The highest BCUT2D eigenvalue weighted by Gasteiger charge is 2.04. The maximum Gasteiger partial charge on any atom is 0.155 e. The molecule has 2 rings (SSSR count). The number of aromatic nitrogens is 3. The van der Waals surface area contributed by atoms with Gasteiger partial charge in [-0.15, -0.1) is 0 Å². The van der Waals surface area contributed by atoms with E-state index in [1.807, 2.05) is 0 Å². The molecular weight excluding hydrogens is 229 g/mol. The Kier molecular flexibility index (Phi) is 1.58. The van der Waals surface area contributed by atoms with Gasteiger partial charge in [0.25, 0.3) is 0 Å². The highest BCUT2D eigenvalue weighted by molar-refractivity contribution is 9.10. The molecule has 56 valence electrons. The molecule has 0 aliphatic rings. The molecule has 3 nitrogen and oxygen atoms in total. The van der Waals surface area contributed by atoms with E-state index in [9.17, 15) is 0 Å². The highest BCUT2D eigenvalue weighted by Crippen LogP contribution is 2.21. The van der Waals surface area contributed by atoms with Gasteiger partial charge in [-0.2, -0.15) is 0 Å². The first-order valence-electron chi connectivity index (χ1n) is 2.91. The van der Waals surface area contributed by atoms with Crippen LogP contribution >= 0.6 is 27.5 Å². The molecule has 0 unspecified atom stereocenters. The summed E-state index contributed by atoms with van der Waals surface area (Å²) in [5.41, 5.74) is 0.800. The molecular formula is C6H3BrClN3. The summed E-state index contributed by atoms with van der Waals surface area (Å²) >= 11 is 9.06. The van der Waals surface area contributed by atoms with Crippen molar-refractivity contribution >= 4 is 33.0 Å². The number of imidazole rings is 1. The topological polar surface area (TPSA) is 30.2 Å².